The van der Waals surface area contributed by atoms with E-state index in [0.29, 0.717) is 17.6 Å². The standard InChI is InChI=1S/C26H38F2O5/c1-6-17(15-29)10-16(2)22-13-20(32-5)14-23(30)26(3,4)19-9-7-8-18(11-19)12-21(27)24(28)25(31)33-22/h7-11,17,20-24,29-30H,6,12-15H2,1-5H3/b16-10-/t17-,20-,21-,22+,23+,24+/m1/s1. The molecule has 1 heterocycles. The molecule has 1 aromatic rings. The van der Waals surface area contributed by atoms with E-state index in [9.17, 15) is 23.8 Å². The SMILES string of the molecule is CC[C@H](/C=C(/C)[C@@H]1C[C@@H](OC)C[C@H](O)C(C)(C)c2cccc(c2)C[C@@H](F)[C@H](F)C(=O)O1)CO. The quantitative estimate of drug-likeness (QED) is 0.500. The molecule has 2 bridgehead atoms. The molecular weight excluding hydrogens is 430 g/mol. The molecule has 0 unspecified atom stereocenters. The van der Waals surface area contributed by atoms with Crippen molar-refractivity contribution in [3.8, 4) is 0 Å². The van der Waals surface area contributed by atoms with Gasteiger partial charge in [-0.25, -0.2) is 13.6 Å². The van der Waals surface area contributed by atoms with Crippen LogP contribution >= 0.6 is 0 Å². The molecule has 5 nitrogen and oxygen atoms in total. The minimum absolute atomic E-state index is 0.0782. The van der Waals surface area contributed by atoms with Gasteiger partial charge >= 0.3 is 5.97 Å². The molecule has 1 aliphatic rings. The zero-order valence-corrected chi connectivity index (χ0v) is 20.3. The van der Waals surface area contributed by atoms with Gasteiger partial charge in [-0.3, -0.25) is 0 Å². The number of carbonyl (C=O) groups excluding carboxylic acids is 1. The van der Waals surface area contributed by atoms with Crippen molar-refractivity contribution >= 4 is 5.97 Å². The lowest BCUT2D eigenvalue weighted by atomic mass is 9.76. The van der Waals surface area contributed by atoms with Crippen LogP contribution in [-0.2, 0) is 26.1 Å². The molecule has 0 saturated carbocycles. The number of halogens is 2. The summed E-state index contributed by atoms with van der Waals surface area (Å²) >= 11 is 0. The molecule has 1 aliphatic heterocycles. The maximum absolute atomic E-state index is 14.8. The first-order valence-electron chi connectivity index (χ1n) is 11.6. The fraction of sp³-hybridized carbons (Fsp3) is 0.654. The van der Waals surface area contributed by atoms with Crippen molar-refractivity contribution in [1.29, 1.82) is 0 Å². The Morgan fingerprint density at radius 1 is 1.33 bits per heavy atom. The van der Waals surface area contributed by atoms with Crippen LogP contribution in [0.2, 0.25) is 0 Å². The van der Waals surface area contributed by atoms with Crippen LogP contribution in [0, 0.1) is 5.92 Å². The van der Waals surface area contributed by atoms with Crippen molar-refractivity contribution in [3.05, 3.63) is 47.0 Å². The third-order valence-electron chi connectivity index (χ3n) is 6.80. The lowest BCUT2D eigenvalue weighted by Gasteiger charge is -2.35. The smallest absolute Gasteiger partial charge is 0.344 e. The molecule has 0 radical (unpaired) electrons. The molecule has 0 aromatic heterocycles. The predicted molar refractivity (Wildman–Crippen MR) is 124 cm³/mol. The summed E-state index contributed by atoms with van der Waals surface area (Å²) in [6.07, 6.45) is -4.04. The first-order valence-corrected chi connectivity index (χ1v) is 11.6. The summed E-state index contributed by atoms with van der Waals surface area (Å²) in [6, 6.07) is 7.02. The topological polar surface area (TPSA) is 76.0 Å². The van der Waals surface area contributed by atoms with Gasteiger partial charge in [0, 0.05) is 44.3 Å². The van der Waals surface area contributed by atoms with E-state index < -0.39 is 42.0 Å². The van der Waals surface area contributed by atoms with Crippen molar-refractivity contribution < 1.29 is 33.3 Å². The maximum atomic E-state index is 14.8. The van der Waals surface area contributed by atoms with E-state index in [4.69, 9.17) is 9.47 Å². The van der Waals surface area contributed by atoms with E-state index in [0.717, 1.165) is 5.56 Å². The van der Waals surface area contributed by atoms with Crippen LogP contribution < -0.4 is 0 Å². The number of esters is 1. The van der Waals surface area contributed by atoms with Gasteiger partial charge in [-0.15, -0.1) is 0 Å². The zero-order chi connectivity index (χ0) is 24.8. The molecule has 2 N–H and O–H groups in total. The molecular formula is C26H38F2O5. The molecule has 0 amide bonds. The van der Waals surface area contributed by atoms with Gasteiger partial charge in [-0.2, -0.15) is 0 Å². The Morgan fingerprint density at radius 2 is 2.03 bits per heavy atom. The Kier molecular flexibility index (Phi) is 10.0. The first-order chi connectivity index (χ1) is 15.5. The second-order valence-corrected chi connectivity index (χ2v) is 9.58. The summed E-state index contributed by atoms with van der Waals surface area (Å²) in [5.41, 5.74) is 1.29. The van der Waals surface area contributed by atoms with Crippen LogP contribution in [0.5, 0.6) is 0 Å². The van der Waals surface area contributed by atoms with Gasteiger partial charge in [0.05, 0.1) is 12.2 Å². The zero-order valence-electron chi connectivity index (χ0n) is 20.3. The van der Waals surface area contributed by atoms with Crippen molar-refractivity contribution in [2.45, 2.75) is 89.4 Å². The number of aliphatic hydroxyl groups excluding tert-OH is 2. The Morgan fingerprint density at radius 3 is 2.64 bits per heavy atom. The number of ether oxygens (including phenoxy) is 2. The molecule has 33 heavy (non-hydrogen) atoms. The summed E-state index contributed by atoms with van der Waals surface area (Å²) in [5.74, 6) is -1.41. The number of alkyl halides is 2. The predicted octanol–water partition coefficient (Wildman–Crippen LogP) is 4.23. The summed E-state index contributed by atoms with van der Waals surface area (Å²) in [4.78, 5) is 12.5. The summed E-state index contributed by atoms with van der Waals surface area (Å²) < 4.78 is 40.5. The number of fused-ring (bicyclic) bond motifs is 2. The van der Waals surface area contributed by atoms with Gasteiger partial charge < -0.3 is 19.7 Å². The number of methoxy groups -OCH3 is 1. The van der Waals surface area contributed by atoms with Crippen molar-refractivity contribution in [2.75, 3.05) is 13.7 Å². The minimum atomic E-state index is -2.42. The fourth-order valence-electron chi connectivity index (χ4n) is 4.15. The highest BCUT2D eigenvalue weighted by Gasteiger charge is 2.36. The molecule has 7 heteroatoms. The average molecular weight is 469 g/mol. The molecule has 6 atom stereocenters. The summed E-state index contributed by atoms with van der Waals surface area (Å²) in [6.45, 7) is 7.37. The van der Waals surface area contributed by atoms with E-state index in [1.165, 1.54) is 7.11 Å². The second kappa shape index (κ2) is 12.0. The van der Waals surface area contributed by atoms with Crippen LogP contribution in [0.4, 0.5) is 8.78 Å². The third-order valence-corrected chi connectivity index (χ3v) is 6.80. The van der Waals surface area contributed by atoms with Gasteiger partial charge in [0.25, 0.3) is 0 Å². The van der Waals surface area contributed by atoms with Crippen LogP contribution in [-0.4, -0.2) is 60.6 Å². The molecule has 2 rings (SSSR count). The van der Waals surface area contributed by atoms with Gasteiger partial charge in [-0.1, -0.05) is 51.1 Å². The summed E-state index contributed by atoms with van der Waals surface area (Å²) in [5, 5.41) is 20.6. The number of benzene rings is 1. The summed E-state index contributed by atoms with van der Waals surface area (Å²) in [7, 11) is 1.50. The van der Waals surface area contributed by atoms with E-state index in [2.05, 4.69) is 0 Å². The lowest BCUT2D eigenvalue weighted by molar-refractivity contribution is -0.157. The molecule has 0 aliphatic carbocycles. The highest BCUT2D eigenvalue weighted by atomic mass is 19.2. The van der Waals surface area contributed by atoms with E-state index >= 15 is 0 Å². The molecule has 1 aromatic carbocycles. The van der Waals surface area contributed by atoms with E-state index in [1.807, 2.05) is 26.8 Å². The monoisotopic (exact) mass is 468 g/mol. The molecule has 0 fully saturated rings. The van der Waals surface area contributed by atoms with Crippen molar-refractivity contribution in [1.82, 2.24) is 0 Å². The molecule has 0 spiro atoms. The van der Waals surface area contributed by atoms with Gasteiger partial charge in [0.2, 0.25) is 6.17 Å². The van der Waals surface area contributed by atoms with Crippen molar-refractivity contribution in [2.24, 2.45) is 5.92 Å². The van der Waals surface area contributed by atoms with Crippen LogP contribution in [0.1, 0.15) is 58.1 Å². The number of cyclic esters (lactones) is 1. The van der Waals surface area contributed by atoms with Crippen molar-refractivity contribution in [3.63, 3.8) is 0 Å². The van der Waals surface area contributed by atoms with Gasteiger partial charge in [0.1, 0.15) is 12.3 Å². The number of aliphatic hydroxyl groups is 2. The van der Waals surface area contributed by atoms with Crippen LogP contribution in [0.25, 0.3) is 0 Å². The van der Waals surface area contributed by atoms with E-state index in [1.54, 1.807) is 31.2 Å². The number of hydrogen-bond acceptors (Lipinski definition) is 5. The van der Waals surface area contributed by atoms with Gasteiger partial charge in [-0.05, 0) is 30.0 Å². The normalized spacial score (nSPS) is 30.3. The van der Waals surface area contributed by atoms with Gasteiger partial charge in [0.15, 0.2) is 0 Å². The Hall–Kier alpha value is -1.83. The third kappa shape index (κ3) is 7.08. The minimum Gasteiger partial charge on any atom is -0.456 e. The highest BCUT2D eigenvalue weighted by Crippen LogP contribution is 2.33. The largest absolute Gasteiger partial charge is 0.456 e. The first kappa shape index (κ1) is 27.4. The Labute approximate surface area is 195 Å². The van der Waals surface area contributed by atoms with Crippen LogP contribution in [0.3, 0.4) is 0 Å². The van der Waals surface area contributed by atoms with Crippen LogP contribution in [0.15, 0.2) is 35.9 Å². The highest BCUT2D eigenvalue weighted by molar-refractivity contribution is 5.75. The van der Waals surface area contributed by atoms with E-state index in [-0.39, 0.29) is 31.8 Å². The maximum Gasteiger partial charge on any atom is 0.344 e. The lowest BCUT2D eigenvalue weighted by Crippen LogP contribution is -2.40. The number of carbonyl (C=O) groups is 1. The number of hydrogen-bond donors (Lipinski definition) is 2. The second-order valence-electron chi connectivity index (χ2n) is 9.58. The molecule has 0 saturated heterocycles. The fourth-order valence-corrected chi connectivity index (χ4v) is 4.15. The number of rotatable bonds is 5. The Balaban J connectivity index is 2.46. The average Bonchev–Trinajstić information content (AvgIpc) is 2.79. The Bertz CT molecular complexity index is 806. The molecule has 186 valence electrons.